The van der Waals surface area contributed by atoms with E-state index in [1.54, 1.807) is 18.2 Å². The Morgan fingerprint density at radius 2 is 1.38 bits per heavy atom. The maximum absolute atomic E-state index is 12.8. The lowest BCUT2D eigenvalue weighted by Gasteiger charge is -2.40. The lowest BCUT2D eigenvalue weighted by atomic mass is 9.60. The van der Waals surface area contributed by atoms with Gasteiger partial charge in [-0.05, 0) is 23.5 Å². The van der Waals surface area contributed by atoms with Crippen molar-refractivity contribution in [2.45, 2.75) is 102 Å². The second-order valence-electron chi connectivity index (χ2n) is 11.3. The third kappa shape index (κ3) is 6.95. The SMILES string of the molecule is CCCCCCCCCCCCCC(=O)NCC1C2C(=O)OC(=O)C2c2ccccc2C1C1CC(=O)OC1=O. The fraction of sp³-hybridized carbons (Fsp3) is 0.645. The molecule has 1 aliphatic carbocycles. The maximum atomic E-state index is 12.8. The Balaban J connectivity index is 1.32. The minimum Gasteiger partial charge on any atom is -0.393 e. The first-order chi connectivity index (χ1) is 18.9. The molecule has 1 N–H and O–H groups in total. The minimum atomic E-state index is -0.830. The van der Waals surface area contributed by atoms with Crippen LogP contribution in [0.5, 0.6) is 0 Å². The first kappa shape index (κ1) is 29.0. The molecule has 2 aliphatic heterocycles. The predicted molar refractivity (Wildman–Crippen MR) is 143 cm³/mol. The van der Waals surface area contributed by atoms with Gasteiger partial charge >= 0.3 is 23.9 Å². The highest BCUT2D eigenvalue weighted by Crippen LogP contribution is 2.54. The molecule has 8 nitrogen and oxygen atoms in total. The number of rotatable bonds is 15. The molecule has 0 spiro atoms. The van der Waals surface area contributed by atoms with Crippen LogP contribution in [0.4, 0.5) is 0 Å². The normalized spacial score (nSPS) is 25.7. The molecule has 2 fully saturated rings. The minimum absolute atomic E-state index is 0.0958. The van der Waals surface area contributed by atoms with Crippen LogP contribution in [0.25, 0.3) is 0 Å². The van der Waals surface area contributed by atoms with E-state index in [9.17, 15) is 24.0 Å². The summed E-state index contributed by atoms with van der Waals surface area (Å²) in [7, 11) is 0. The monoisotopic (exact) mass is 539 g/mol. The van der Waals surface area contributed by atoms with Crippen molar-refractivity contribution in [3.8, 4) is 0 Å². The van der Waals surface area contributed by atoms with Crippen LogP contribution in [-0.2, 0) is 33.4 Å². The number of amides is 1. The number of ether oxygens (including phenoxy) is 2. The van der Waals surface area contributed by atoms with Gasteiger partial charge in [-0.3, -0.25) is 24.0 Å². The molecule has 3 aliphatic rings. The average molecular weight is 540 g/mol. The van der Waals surface area contributed by atoms with Crippen LogP contribution in [-0.4, -0.2) is 36.3 Å². The summed E-state index contributed by atoms with van der Waals surface area (Å²) in [6.45, 7) is 2.34. The van der Waals surface area contributed by atoms with Gasteiger partial charge in [0, 0.05) is 18.9 Å². The molecule has 5 unspecified atom stereocenters. The summed E-state index contributed by atoms with van der Waals surface area (Å²) >= 11 is 0. The molecule has 39 heavy (non-hydrogen) atoms. The summed E-state index contributed by atoms with van der Waals surface area (Å²) in [4.78, 5) is 62.8. The van der Waals surface area contributed by atoms with Crippen molar-refractivity contribution in [3.63, 3.8) is 0 Å². The zero-order valence-corrected chi connectivity index (χ0v) is 23.0. The summed E-state index contributed by atoms with van der Waals surface area (Å²) in [5, 5.41) is 2.95. The third-order valence-electron chi connectivity index (χ3n) is 8.58. The van der Waals surface area contributed by atoms with E-state index < -0.39 is 53.5 Å². The van der Waals surface area contributed by atoms with Crippen LogP contribution >= 0.6 is 0 Å². The number of nitrogens with one attached hydrogen (secondary N) is 1. The maximum Gasteiger partial charge on any atom is 0.321 e. The van der Waals surface area contributed by atoms with E-state index in [0.29, 0.717) is 12.0 Å². The van der Waals surface area contributed by atoms with Crippen LogP contribution in [0.2, 0.25) is 0 Å². The first-order valence-corrected chi connectivity index (χ1v) is 14.8. The van der Waals surface area contributed by atoms with Crippen molar-refractivity contribution in [3.05, 3.63) is 35.4 Å². The summed E-state index contributed by atoms with van der Waals surface area (Å²) < 4.78 is 9.88. The van der Waals surface area contributed by atoms with E-state index in [-0.39, 0.29) is 18.9 Å². The van der Waals surface area contributed by atoms with Crippen LogP contribution < -0.4 is 5.32 Å². The van der Waals surface area contributed by atoms with E-state index in [2.05, 4.69) is 12.2 Å². The van der Waals surface area contributed by atoms with Gasteiger partial charge in [-0.15, -0.1) is 0 Å². The van der Waals surface area contributed by atoms with Crippen molar-refractivity contribution in [1.29, 1.82) is 0 Å². The first-order valence-electron chi connectivity index (χ1n) is 14.8. The Morgan fingerprint density at radius 1 is 0.769 bits per heavy atom. The van der Waals surface area contributed by atoms with E-state index in [1.165, 1.54) is 51.4 Å². The Bertz CT molecular complexity index is 1070. The molecule has 2 saturated heterocycles. The zero-order valence-electron chi connectivity index (χ0n) is 23.0. The van der Waals surface area contributed by atoms with Gasteiger partial charge in [0.2, 0.25) is 5.91 Å². The molecule has 1 aromatic rings. The Hall–Kier alpha value is -3.03. The van der Waals surface area contributed by atoms with Crippen LogP contribution in [0.1, 0.15) is 113 Å². The van der Waals surface area contributed by atoms with Crippen molar-refractivity contribution in [2.75, 3.05) is 6.54 Å². The number of unbranched alkanes of at least 4 members (excludes halogenated alkanes) is 10. The predicted octanol–water partition coefficient (Wildman–Crippen LogP) is 5.09. The molecule has 1 aromatic carbocycles. The fourth-order valence-corrected chi connectivity index (χ4v) is 6.61. The Morgan fingerprint density at radius 3 is 2.00 bits per heavy atom. The van der Waals surface area contributed by atoms with Gasteiger partial charge in [0.15, 0.2) is 0 Å². The van der Waals surface area contributed by atoms with Crippen LogP contribution in [0, 0.1) is 17.8 Å². The molecule has 0 saturated carbocycles. The van der Waals surface area contributed by atoms with Gasteiger partial charge in [-0.25, -0.2) is 0 Å². The second-order valence-corrected chi connectivity index (χ2v) is 11.3. The molecule has 4 rings (SSSR count). The topological polar surface area (TPSA) is 116 Å². The molecule has 0 radical (unpaired) electrons. The average Bonchev–Trinajstić information content (AvgIpc) is 3.41. The van der Waals surface area contributed by atoms with E-state index in [0.717, 1.165) is 24.8 Å². The largest absolute Gasteiger partial charge is 0.393 e. The number of benzene rings is 1. The summed E-state index contributed by atoms with van der Waals surface area (Å²) in [6, 6.07) is 7.17. The number of fused-ring (bicyclic) bond motifs is 3. The van der Waals surface area contributed by atoms with Gasteiger partial charge in [-0.1, -0.05) is 95.4 Å². The zero-order chi connectivity index (χ0) is 27.8. The van der Waals surface area contributed by atoms with E-state index >= 15 is 0 Å². The number of carbonyl (C=O) groups excluding carboxylic acids is 5. The van der Waals surface area contributed by atoms with E-state index in [1.807, 2.05) is 6.07 Å². The van der Waals surface area contributed by atoms with Crippen molar-refractivity contribution in [2.24, 2.45) is 17.8 Å². The summed E-state index contributed by atoms with van der Waals surface area (Å²) in [6.07, 6.45) is 13.5. The molecule has 212 valence electrons. The van der Waals surface area contributed by atoms with Gasteiger partial charge in [0.25, 0.3) is 0 Å². The molecule has 0 aromatic heterocycles. The van der Waals surface area contributed by atoms with Gasteiger partial charge < -0.3 is 14.8 Å². The van der Waals surface area contributed by atoms with Gasteiger partial charge in [0.05, 0.1) is 24.2 Å². The molecule has 2 heterocycles. The molecule has 0 bridgehead atoms. The molecule has 1 amide bonds. The number of hydrogen-bond donors (Lipinski definition) is 1. The smallest absolute Gasteiger partial charge is 0.321 e. The molecular formula is C31H41NO7. The van der Waals surface area contributed by atoms with Crippen molar-refractivity contribution in [1.82, 2.24) is 5.32 Å². The van der Waals surface area contributed by atoms with Crippen molar-refractivity contribution < 1.29 is 33.4 Å². The Labute approximate surface area is 230 Å². The fourth-order valence-electron chi connectivity index (χ4n) is 6.61. The van der Waals surface area contributed by atoms with Gasteiger partial charge in [0.1, 0.15) is 0 Å². The highest BCUT2D eigenvalue weighted by Gasteiger charge is 2.58. The number of hydrogen-bond acceptors (Lipinski definition) is 7. The van der Waals surface area contributed by atoms with Crippen LogP contribution in [0.15, 0.2) is 24.3 Å². The molecular weight excluding hydrogens is 498 g/mol. The molecule has 5 atom stereocenters. The van der Waals surface area contributed by atoms with Crippen molar-refractivity contribution >= 4 is 29.8 Å². The number of cyclic esters (lactones) is 4. The summed E-state index contributed by atoms with van der Waals surface area (Å²) in [5.74, 6) is -6.14. The Kier molecular flexibility index (Phi) is 10.3. The summed E-state index contributed by atoms with van der Waals surface area (Å²) in [5.41, 5.74) is 1.37. The third-order valence-corrected chi connectivity index (χ3v) is 8.58. The standard InChI is InChI=1S/C31H41NO7/c1-2-3-4-5-6-7-8-9-10-11-12-17-24(33)32-19-23-26(22-18-25(34)38-29(22)35)20-15-13-14-16-21(20)27-28(23)31(37)39-30(27)36/h13-16,22-23,26-28H,2-12,17-19H2,1H3,(H,32,33). The molecule has 8 heteroatoms. The quantitative estimate of drug-likeness (QED) is 0.187. The van der Waals surface area contributed by atoms with Gasteiger partial charge in [-0.2, -0.15) is 0 Å². The van der Waals surface area contributed by atoms with Crippen LogP contribution in [0.3, 0.4) is 0 Å². The second kappa shape index (κ2) is 13.9. The number of carbonyl (C=O) groups is 5. The van der Waals surface area contributed by atoms with E-state index in [4.69, 9.17) is 9.47 Å². The lowest BCUT2D eigenvalue weighted by Crippen LogP contribution is -2.45. The highest BCUT2D eigenvalue weighted by molar-refractivity contribution is 6.01. The highest BCUT2D eigenvalue weighted by atomic mass is 16.6. The lowest BCUT2D eigenvalue weighted by molar-refractivity contribution is -0.156. The number of esters is 4.